The minimum absolute atomic E-state index is 0.0849. The lowest BCUT2D eigenvalue weighted by atomic mass is 9.58. The third kappa shape index (κ3) is 6.10. The zero-order chi connectivity index (χ0) is 32.1. The molecule has 1 aromatic carbocycles. The first kappa shape index (κ1) is 32.0. The summed E-state index contributed by atoms with van der Waals surface area (Å²) in [5.41, 5.74) is -2.48. The fourth-order valence-corrected chi connectivity index (χ4v) is 6.46. The van der Waals surface area contributed by atoms with Gasteiger partial charge in [-0.2, -0.15) is 26.3 Å². The highest BCUT2D eigenvalue weighted by atomic mass is 19.4. The van der Waals surface area contributed by atoms with Crippen LogP contribution < -0.4 is 4.90 Å². The molecule has 0 spiro atoms. The van der Waals surface area contributed by atoms with Crippen LogP contribution in [-0.4, -0.2) is 46.9 Å². The molecule has 0 bridgehead atoms. The molecule has 8 nitrogen and oxygen atoms in total. The quantitative estimate of drug-likeness (QED) is 0.171. The van der Waals surface area contributed by atoms with E-state index >= 15 is 0 Å². The van der Waals surface area contributed by atoms with Crippen LogP contribution >= 0.6 is 0 Å². The molecule has 15 heteroatoms. The summed E-state index contributed by atoms with van der Waals surface area (Å²) in [6, 6.07) is 3.88. The number of allylic oxidation sites excluding steroid dienone is 1. The molecule has 0 saturated carbocycles. The van der Waals surface area contributed by atoms with Crippen LogP contribution in [0.15, 0.2) is 51.5 Å². The molecular formula is C29H28BF6NO7. The van der Waals surface area contributed by atoms with Crippen molar-refractivity contribution < 1.29 is 60.2 Å². The van der Waals surface area contributed by atoms with Crippen LogP contribution in [0.1, 0.15) is 48.8 Å². The number of nitrogens with zero attached hydrogens (tertiary/aromatic N) is 1. The van der Waals surface area contributed by atoms with Crippen molar-refractivity contribution in [3.8, 4) is 0 Å². The highest BCUT2D eigenvalue weighted by molar-refractivity contribution is 6.43. The zero-order valence-corrected chi connectivity index (χ0v) is 23.3. The molecule has 4 atom stereocenters. The molecular weight excluding hydrogens is 599 g/mol. The van der Waals surface area contributed by atoms with E-state index in [0.29, 0.717) is 46.1 Å². The van der Waals surface area contributed by atoms with Crippen LogP contribution in [0, 0.1) is 17.8 Å². The standard InChI is InChI=1S/C29H28BF6NO7/c1-14(6-19-3-4-20(13-39)43-19)2-5-23-24-15(12-38)7-21-25(22(24)11-30(42)44-23)27(41)37(26(21)40)18-9-16(28(31,32)33)8-17(10-18)29(34,35)36/h3-4,6,8-10,21-23,25,38-39,42H,2,5,7,11-13H2,1H3/b14-6+/t21-,22+,23-,25-/m1/s1. The number of aliphatic hydroxyl groups is 2. The summed E-state index contributed by atoms with van der Waals surface area (Å²) >= 11 is 0. The number of carbonyl (C=O) groups is 2. The summed E-state index contributed by atoms with van der Waals surface area (Å²) in [6.45, 7) is 1.02. The van der Waals surface area contributed by atoms with Gasteiger partial charge in [-0.15, -0.1) is 0 Å². The average Bonchev–Trinajstić information content (AvgIpc) is 3.50. The van der Waals surface area contributed by atoms with E-state index in [4.69, 9.17) is 9.07 Å². The molecule has 1 aliphatic carbocycles. The molecule has 2 saturated heterocycles. The van der Waals surface area contributed by atoms with Crippen molar-refractivity contribution in [3.05, 3.63) is 69.7 Å². The largest absolute Gasteiger partial charge is 0.459 e. The van der Waals surface area contributed by atoms with Gasteiger partial charge >= 0.3 is 19.5 Å². The Hall–Kier alpha value is -3.40. The number of fused-ring (bicyclic) bond motifs is 3. The Morgan fingerprint density at radius 1 is 1.00 bits per heavy atom. The van der Waals surface area contributed by atoms with E-state index in [1.54, 1.807) is 18.2 Å². The lowest BCUT2D eigenvalue weighted by molar-refractivity contribution is -0.143. The van der Waals surface area contributed by atoms with E-state index in [0.717, 1.165) is 5.57 Å². The Morgan fingerprint density at radius 3 is 2.23 bits per heavy atom. The molecule has 3 aliphatic rings. The van der Waals surface area contributed by atoms with Gasteiger partial charge in [0.1, 0.15) is 18.1 Å². The van der Waals surface area contributed by atoms with Crippen molar-refractivity contribution in [1.29, 1.82) is 0 Å². The molecule has 0 radical (unpaired) electrons. The fourth-order valence-electron chi connectivity index (χ4n) is 6.46. The molecule has 1 aromatic heterocycles. The van der Waals surface area contributed by atoms with E-state index in [9.17, 15) is 51.2 Å². The summed E-state index contributed by atoms with van der Waals surface area (Å²) in [7, 11) is -1.38. The second kappa shape index (κ2) is 11.8. The Kier molecular flexibility index (Phi) is 8.61. The number of halogens is 6. The minimum Gasteiger partial charge on any atom is -0.459 e. The smallest absolute Gasteiger partial charge is 0.455 e. The van der Waals surface area contributed by atoms with Gasteiger partial charge in [-0.25, -0.2) is 4.90 Å². The van der Waals surface area contributed by atoms with Gasteiger partial charge in [-0.05, 0) is 86.0 Å². The maximum Gasteiger partial charge on any atom is 0.455 e. The zero-order valence-electron chi connectivity index (χ0n) is 23.3. The van der Waals surface area contributed by atoms with Gasteiger partial charge in [0.25, 0.3) is 0 Å². The first-order valence-corrected chi connectivity index (χ1v) is 13.8. The topological polar surface area (TPSA) is 120 Å². The van der Waals surface area contributed by atoms with E-state index in [-0.39, 0.29) is 31.8 Å². The fraction of sp³-hybridized carbons (Fsp3) is 0.448. The molecule has 0 unspecified atom stereocenters. The number of alkyl halides is 6. The highest BCUT2D eigenvalue weighted by Crippen LogP contribution is 2.52. The molecule has 2 fully saturated rings. The summed E-state index contributed by atoms with van der Waals surface area (Å²) in [5.74, 6) is -4.26. The van der Waals surface area contributed by atoms with Gasteiger partial charge in [0.2, 0.25) is 11.8 Å². The lowest BCUT2D eigenvalue weighted by Gasteiger charge is -2.42. The predicted octanol–water partition coefficient (Wildman–Crippen LogP) is 4.99. The highest BCUT2D eigenvalue weighted by Gasteiger charge is 2.58. The first-order chi connectivity index (χ1) is 20.6. The molecule has 2 amide bonds. The first-order valence-electron chi connectivity index (χ1n) is 13.8. The number of carbonyl (C=O) groups excluding carboxylic acids is 2. The molecule has 5 rings (SSSR count). The average molecular weight is 627 g/mol. The number of anilines is 1. The van der Waals surface area contributed by atoms with Crippen molar-refractivity contribution in [2.24, 2.45) is 17.8 Å². The van der Waals surface area contributed by atoms with Crippen molar-refractivity contribution in [2.45, 2.75) is 57.6 Å². The molecule has 3 N–H and O–H groups in total. The maximum atomic E-state index is 13.7. The number of aliphatic hydroxyl groups excluding tert-OH is 2. The second-order valence-electron chi connectivity index (χ2n) is 11.2. The van der Waals surface area contributed by atoms with Gasteiger partial charge in [-0.1, -0.05) is 5.57 Å². The molecule has 236 valence electrons. The van der Waals surface area contributed by atoms with E-state index in [1.165, 1.54) is 0 Å². The normalized spacial score (nSPS) is 24.7. The van der Waals surface area contributed by atoms with Crippen LogP contribution in [0.3, 0.4) is 0 Å². The third-order valence-corrected chi connectivity index (χ3v) is 8.36. The Balaban J connectivity index is 1.45. The summed E-state index contributed by atoms with van der Waals surface area (Å²) in [4.78, 5) is 27.6. The van der Waals surface area contributed by atoms with Crippen LogP contribution in [0.5, 0.6) is 0 Å². The third-order valence-electron chi connectivity index (χ3n) is 8.36. The number of benzene rings is 1. The summed E-state index contributed by atoms with van der Waals surface area (Å²) in [5, 5.41) is 30.0. The van der Waals surface area contributed by atoms with Crippen LogP contribution in [0.2, 0.25) is 6.32 Å². The van der Waals surface area contributed by atoms with E-state index in [2.05, 4.69) is 0 Å². The van der Waals surface area contributed by atoms with Gasteiger partial charge in [0, 0.05) is 0 Å². The number of amides is 2. The van der Waals surface area contributed by atoms with Crippen molar-refractivity contribution in [3.63, 3.8) is 0 Å². The number of imide groups is 1. The van der Waals surface area contributed by atoms with Gasteiger partial charge in [-0.3, -0.25) is 9.59 Å². The number of hydrogen-bond acceptors (Lipinski definition) is 7. The van der Waals surface area contributed by atoms with E-state index < -0.39 is 78.6 Å². The molecule has 3 heterocycles. The van der Waals surface area contributed by atoms with Crippen LogP contribution in [0.4, 0.5) is 32.0 Å². The van der Waals surface area contributed by atoms with Crippen LogP contribution in [-0.2, 0) is 33.2 Å². The van der Waals surface area contributed by atoms with Gasteiger partial charge in [0.05, 0.1) is 41.4 Å². The SMILES string of the molecule is C/C(=C\c1ccc(CO)o1)CC[C@H]1OB(O)C[C@H]2C1=C(CO)C[C@H]1C(=O)N(c3cc(C(F)(F)F)cc(C(F)(F)F)c3)C(=O)[C@H]12. The maximum absolute atomic E-state index is 13.7. The Labute approximate surface area is 247 Å². The molecule has 2 aliphatic heterocycles. The van der Waals surface area contributed by atoms with Crippen molar-refractivity contribution in [2.75, 3.05) is 11.5 Å². The van der Waals surface area contributed by atoms with Crippen molar-refractivity contribution in [1.82, 2.24) is 0 Å². The number of furan rings is 1. The molecule has 2 aromatic rings. The number of rotatable bonds is 7. The Morgan fingerprint density at radius 2 is 1.66 bits per heavy atom. The number of hydrogen-bond donors (Lipinski definition) is 3. The summed E-state index contributed by atoms with van der Waals surface area (Å²) < 4.78 is 92.5. The van der Waals surface area contributed by atoms with E-state index in [1.807, 2.05) is 6.92 Å². The van der Waals surface area contributed by atoms with Gasteiger partial charge < -0.3 is 24.3 Å². The Bertz CT molecular complexity index is 1480. The minimum atomic E-state index is -5.18. The second-order valence-corrected chi connectivity index (χ2v) is 11.2. The van der Waals surface area contributed by atoms with Crippen molar-refractivity contribution >= 4 is 30.7 Å². The monoisotopic (exact) mass is 627 g/mol. The molecule has 44 heavy (non-hydrogen) atoms. The lowest BCUT2D eigenvalue weighted by Crippen LogP contribution is -2.46. The van der Waals surface area contributed by atoms with Crippen LogP contribution in [0.25, 0.3) is 6.08 Å². The predicted molar refractivity (Wildman–Crippen MR) is 143 cm³/mol. The van der Waals surface area contributed by atoms with Gasteiger partial charge in [0.15, 0.2) is 0 Å². The summed E-state index contributed by atoms with van der Waals surface area (Å²) in [6.07, 6.45) is -9.03.